The van der Waals surface area contributed by atoms with Gasteiger partial charge in [-0.1, -0.05) is 47.5 Å². The SMILES string of the molecule is CC(Cc1cccc(S(C)(=O)=O)c1)NC(=O)c1c(Cl)cc2c(c1Cl)CCN(C=O)C2.COOC=O.Cc1ccc2ccoc2c1. The highest BCUT2D eigenvalue weighted by atomic mass is 35.5. The maximum absolute atomic E-state index is 12.9. The van der Waals surface area contributed by atoms with Gasteiger partial charge in [0.15, 0.2) is 9.84 Å². The number of carbonyl (C=O) groups is 3. The minimum atomic E-state index is -3.30. The van der Waals surface area contributed by atoms with Gasteiger partial charge in [0.25, 0.3) is 5.91 Å². The number of halogens is 2. The Morgan fingerprint density at radius 1 is 1.13 bits per heavy atom. The van der Waals surface area contributed by atoms with Gasteiger partial charge in [0.05, 0.1) is 33.9 Å². The summed E-state index contributed by atoms with van der Waals surface area (Å²) in [7, 11) is -2.04. The Morgan fingerprint density at radius 2 is 1.89 bits per heavy atom. The zero-order valence-corrected chi connectivity index (χ0v) is 27.5. The molecule has 1 unspecified atom stereocenters. The van der Waals surface area contributed by atoms with E-state index in [0.29, 0.717) is 31.0 Å². The highest BCUT2D eigenvalue weighted by Crippen LogP contribution is 2.34. The predicted molar refractivity (Wildman–Crippen MR) is 172 cm³/mol. The summed E-state index contributed by atoms with van der Waals surface area (Å²) in [5.74, 6) is -0.391. The monoisotopic (exact) mass is 676 g/mol. The Morgan fingerprint density at radius 3 is 2.53 bits per heavy atom. The maximum atomic E-state index is 12.9. The Labute approximate surface area is 272 Å². The summed E-state index contributed by atoms with van der Waals surface area (Å²) in [5.41, 5.74) is 4.89. The summed E-state index contributed by atoms with van der Waals surface area (Å²) in [4.78, 5) is 42.3. The molecule has 2 heterocycles. The number of amides is 2. The molecule has 5 rings (SSSR count). The molecular formula is C32H34Cl2N2O8S. The summed E-state index contributed by atoms with van der Waals surface area (Å²) < 4.78 is 28.7. The number of nitrogens with one attached hydrogen (secondary N) is 1. The molecule has 0 aliphatic carbocycles. The molecule has 0 spiro atoms. The fourth-order valence-electron chi connectivity index (χ4n) is 4.68. The van der Waals surface area contributed by atoms with Crippen molar-refractivity contribution >= 4 is 62.8 Å². The van der Waals surface area contributed by atoms with Crippen molar-refractivity contribution in [3.63, 3.8) is 0 Å². The lowest BCUT2D eigenvalue weighted by molar-refractivity contribution is -0.240. The number of rotatable bonds is 8. The number of aryl methyl sites for hydroxylation is 1. The van der Waals surface area contributed by atoms with E-state index < -0.39 is 15.7 Å². The molecule has 0 radical (unpaired) electrons. The summed E-state index contributed by atoms with van der Waals surface area (Å²) in [6.07, 6.45) is 4.66. The van der Waals surface area contributed by atoms with Gasteiger partial charge in [-0.15, -0.1) is 0 Å². The normalized spacial score (nSPS) is 12.9. The van der Waals surface area contributed by atoms with Crippen molar-refractivity contribution in [1.82, 2.24) is 10.2 Å². The average molecular weight is 678 g/mol. The molecule has 13 heteroatoms. The lowest BCUT2D eigenvalue weighted by Gasteiger charge is -2.27. The van der Waals surface area contributed by atoms with E-state index >= 15 is 0 Å². The molecule has 2 amide bonds. The van der Waals surface area contributed by atoms with E-state index in [2.05, 4.69) is 34.1 Å². The van der Waals surface area contributed by atoms with Crippen molar-refractivity contribution < 1.29 is 37.0 Å². The minimum Gasteiger partial charge on any atom is -0.464 e. The summed E-state index contributed by atoms with van der Waals surface area (Å²) in [6, 6.07) is 16.2. The third-order valence-corrected chi connectivity index (χ3v) is 8.63. The van der Waals surface area contributed by atoms with Crippen molar-refractivity contribution in [2.75, 3.05) is 19.9 Å². The smallest absolute Gasteiger partial charge is 0.330 e. The van der Waals surface area contributed by atoms with Gasteiger partial charge in [0.1, 0.15) is 5.58 Å². The first kappa shape index (κ1) is 35.6. The third kappa shape index (κ3) is 10.1. The van der Waals surface area contributed by atoms with E-state index in [0.717, 1.165) is 34.9 Å². The van der Waals surface area contributed by atoms with E-state index in [1.807, 2.05) is 25.1 Å². The highest BCUT2D eigenvalue weighted by molar-refractivity contribution is 7.90. The third-order valence-electron chi connectivity index (χ3n) is 6.80. The number of fused-ring (bicyclic) bond motifs is 2. The van der Waals surface area contributed by atoms with Crippen LogP contribution in [0.2, 0.25) is 10.0 Å². The van der Waals surface area contributed by atoms with Crippen LogP contribution in [-0.2, 0) is 48.6 Å². The van der Waals surface area contributed by atoms with Crippen molar-refractivity contribution in [1.29, 1.82) is 0 Å². The first-order valence-corrected chi connectivity index (χ1v) is 16.4. The Balaban J connectivity index is 0.000000299. The quantitative estimate of drug-likeness (QED) is 0.142. The van der Waals surface area contributed by atoms with Gasteiger partial charge >= 0.3 is 6.47 Å². The molecule has 10 nitrogen and oxygen atoms in total. The van der Waals surface area contributed by atoms with Crippen LogP contribution in [-0.4, -0.2) is 58.1 Å². The van der Waals surface area contributed by atoms with Gasteiger partial charge in [-0.25, -0.2) is 8.42 Å². The Hall–Kier alpha value is -3.90. The van der Waals surface area contributed by atoms with Gasteiger partial charge in [0, 0.05) is 30.8 Å². The summed E-state index contributed by atoms with van der Waals surface area (Å²) in [6.45, 7) is 5.04. The molecule has 1 aliphatic rings. The van der Waals surface area contributed by atoms with Crippen molar-refractivity contribution in [3.05, 3.63) is 98.7 Å². The van der Waals surface area contributed by atoms with E-state index in [4.69, 9.17) is 32.4 Å². The van der Waals surface area contributed by atoms with E-state index in [1.54, 1.807) is 35.4 Å². The van der Waals surface area contributed by atoms with Gasteiger partial charge in [-0.2, -0.15) is 4.89 Å². The lowest BCUT2D eigenvalue weighted by atomic mass is 9.96. The van der Waals surface area contributed by atoms with Gasteiger partial charge in [0.2, 0.25) is 6.41 Å². The average Bonchev–Trinajstić information content (AvgIpc) is 3.45. The number of sulfone groups is 1. The zero-order valence-electron chi connectivity index (χ0n) is 25.2. The van der Waals surface area contributed by atoms with Crippen LogP contribution in [0.3, 0.4) is 0 Å². The second-order valence-electron chi connectivity index (χ2n) is 10.3. The van der Waals surface area contributed by atoms with Crippen LogP contribution in [0.25, 0.3) is 11.0 Å². The molecule has 3 aromatic carbocycles. The Kier molecular flexibility index (Phi) is 13.0. The van der Waals surface area contributed by atoms with Crippen LogP contribution in [0.5, 0.6) is 0 Å². The summed E-state index contributed by atoms with van der Waals surface area (Å²) >= 11 is 12.9. The Bertz CT molecular complexity index is 1760. The van der Waals surface area contributed by atoms with Crippen molar-refractivity contribution in [3.8, 4) is 0 Å². The summed E-state index contributed by atoms with van der Waals surface area (Å²) in [5, 5.41) is 4.60. The van der Waals surface area contributed by atoms with Crippen LogP contribution in [0, 0.1) is 6.92 Å². The number of nitrogens with zero attached hydrogens (tertiary/aromatic N) is 1. The second kappa shape index (κ2) is 16.4. The molecule has 1 aliphatic heterocycles. The van der Waals surface area contributed by atoms with Crippen molar-refractivity contribution in [2.45, 2.75) is 44.2 Å². The van der Waals surface area contributed by atoms with Crippen LogP contribution in [0.4, 0.5) is 0 Å². The molecular weight excluding hydrogens is 643 g/mol. The minimum absolute atomic E-state index is 0.208. The predicted octanol–water partition coefficient (Wildman–Crippen LogP) is 5.73. The number of carbonyl (C=O) groups excluding carboxylic acids is 3. The standard InChI is InChI=1S/C21H22Cl2N2O4S.C9H8O.C2H4O3/c1-13(8-14-4-3-5-16(9-14)30(2,28)29)24-21(27)19-18(22)10-15-11-25(12-26)7-6-17(15)20(19)23;1-7-2-3-8-4-5-10-9(8)6-7;1-4-5-2-3/h3-5,9-10,12-13H,6-8,11H2,1-2H3,(H,24,27);2-6H,1H3;2H,1H3. The molecule has 1 N–H and O–H groups in total. The highest BCUT2D eigenvalue weighted by Gasteiger charge is 2.25. The molecule has 1 aromatic heterocycles. The van der Waals surface area contributed by atoms with Gasteiger partial charge < -0.3 is 19.5 Å². The molecule has 0 fully saturated rings. The number of hydrogen-bond acceptors (Lipinski definition) is 8. The van der Waals surface area contributed by atoms with E-state index in [1.165, 1.54) is 18.1 Å². The lowest BCUT2D eigenvalue weighted by Crippen LogP contribution is -2.35. The zero-order chi connectivity index (χ0) is 33.1. The molecule has 0 saturated carbocycles. The second-order valence-corrected chi connectivity index (χ2v) is 13.1. The largest absolute Gasteiger partial charge is 0.464 e. The van der Waals surface area contributed by atoms with E-state index in [9.17, 15) is 18.0 Å². The molecule has 4 aromatic rings. The van der Waals surface area contributed by atoms with Gasteiger partial charge in [-0.3, -0.25) is 14.4 Å². The maximum Gasteiger partial charge on any atom is 0.330 e. The molecule has 45 heavy (non-hydrogen) atoms. The fourth-order valence-corrected chi connectivity index (χ4v) is 6.13. The van der Waals surface area contributed by atoms with E-state index in [-0.39, 0.29) is 28.0 Å². The van der Waals surface area contributed by atoms with Crippen LogP contribution in [0.15, 0.2) is 70.2 Å². The number of furan rings is 1. The van der Waals surface area contributed by atoms with Crippen molar-refractivity contribution in [2.24, 2.45) is 0 Å². The van der Waals surface area contributed by atoms with Crippen LogP contribution >= 0.6 is 23.2 Å². The molecule has 240 valence electrons. The van der Waals surface area contributed by atoms with Crippen LogP contribution in [0.1, 0.15) is 39.5 Å². The molecule has 1 atom stereocenters. The van der Waals surface area contributed by atoms with Crippen LogP contribution < -0.4 is 5.32 Å². The number of hydrogen-bond donors (Lipinski definition) is 1. The topological polar surface area (TPSA) is 132 Å². The fraction of sp³-hybridized carbons (Fsp3) is 0.281. The number of benzene rings is 3. The first-order valence-electron chi connectivity index (χ1n) is 13.7. The molecule has 0 saturated heterocycles. The first-order chi connectivity index (χ1) is 21.4. The van der Waals surface area contributed by atoms with Gasteiger partial charge in [-0.05, 0) is 79.3 Å². The molecule has 0 bridgehead atoms.